The van der Waals surface area contributed by atoms with Crippen molar-refractivity contribution < 1.29 is 99.4 Å². The van der Waals surface area contributed by atoms with Crippen molar-refractivity contribution in [2.45, 2.75) is 73.2 Å². The topological polar surface area (TPSA) is 354 Å². The van der Waals surface area contributed by atoms with Crippen LogP contribution < -0.4 is 19.7 Å². The van der Waals surface area contributed by atoms with Gasteiger partial charge in [0, 0.05) is 23.0 Å². The number of benzene rings is 4. The number of aromatic carboxylic acids is 2. The Morgan fingerprint density at radius 1 is 0.540 bits per heavy atom. The van der Waals surface area contributed by atoms with Crippen molar-refractivity contribution in [3.05, 3.63) is 116 Å². The maximum Gasteiger partial charge on any atom is 2.00 e. The van der Waals surface area contributed by atoms with Crippen LogP contribution in [0.4, 0.5) is 0 Å². The molecule has 0 amide bonds. The van der Waals surface area contributed by atoms with Crippen LogP contribution in [0.5, 0.6) is 23.0 Å². The van der Waals surface area contributed by atoms with E-state index in [1.807, 2.05) is 0 Å². The van der Waals surface area contributed by atoms with E-state index in [0.29, 0.717) is 12.1 Å². The normalized spacial score (nSPS) is 29.6. The Kier molecular flexibility index (Phi) is 13.0. The summed E-state index contributed by atoms with van der Waals surface area (Å²) < 4.78 is 22.9. The predicted octanol–water partition coefficient (Wildman–Crippen LogP) is -2.74. The van der Waals surface area contributed by atoms with E-state index in [4.69, 9.17) is 18.9 Å². The summed E-state index contributed by atoms with van der Waals surface area (Å²) in [5, 5.41) is 131. The number of carboxylic acid groups (broad SMARTS) is 2. The molecule has 2 aliphatic heterocycles. The SMILES string of the molecule is O=C(O)c1cc([O-])c2c(c1)C(C1c3cc(C(=O)O)cc([O-])c3C(=O)c3c(O[C@@H]4O[C@H](CO)C(O)C(O)[C@H]4O)cccc31)c1cccc(O[C@@H]3O[C@H](CO)[C@@H](O)[C@@H](O)[C@H]3O)c1C2=O.[Ca+2]. The zero-order valence-electron chi connectivity index (χ0n) is 32.4. The van der Waals surface area contributed by atoms with Gasteiger partial charge in [-0.2, -0.15) is 0 Å². The van der Waals surface area contributed by atoms with Gasteiger partial charge in [0.2, 0.25) is 12.6 Å². The molecule has 0 aromatic heterocycles. The first-order valence-corrected chi connectivity index (χ1v) is 18.9. The molecule has 4 aliphatic rings. The van der Waals surface area contributed by atoms with Crippen LogP contribution in [0.2, 0.25) is 0 Å². The second-order valence-electron chi connectivity index (χ2n) is 15.2. The van der Waals surface area contributed by atoms with Crippen LogP contribution in [-0.4, -0.2) is 187 Å². The summed E-state index contributed by atoms with van der Waals surface area (Å²) >= 11 is 0. The Morgan fingerprint density at radius 3 is 1.24 bits per heavy atom. The molecule has 10 N–H and O–H groups in total. The summed E-state index contributed by atoms with van der Waals surface area (Å²) in [6.07, 6.45) is -17.9. The van der Waals surface area contributed by atoms with Crippen molar-refractivity contribution in [3.63, 3.8) is 0 Å². The number of rotatable bonds is 9. The van der Waals surface area contributed by atoms with Gasteiger partial charge in [-0.15, -0.1) is 0 Å². The molecule has 4 unspecified atom stereocenters. The minimum absolute atomic E-state index is 0. The van der Waals surface area contributed by atoms with Gasteiger partial charge in [0.25, 0.3) is 0 Å². The Labute approximate surface area is 384 Å². The van der Waals surface area contributed by atoms with Crippen molar-refractivity contribution in [2.75, 3.05) is 13.2 Å². The van der Waals surface area contributed by atoms with Gasteiger partial charge in [-0.05, 0) is 46.5 Å². The van der Waals surface area contributed by atoms with Gasteiger partial charge in [-0.25, -0.2) is 9.59 Å². The van der Waals surface area contributed by atoms with Crippen molar-refractivity contribution in [1.82, 2.24) is 0 Å². The number of hydrogen-bond donors (Lipinski definition) is 10. The van der Waals surface area contributed by atoms with Crippen molar-refractivity contribution in [2.24, 2.45) is 0 Å². The van der Waals surface area contributed by atoms with Crippen LogP contribution in [0.15, 0.2) is 60.7 Å². The average Bonchev–Trinajstić information content (AvgIpc) is 3.24. The number of carboxylic acids is 2. The van der Waals surface area contributed by atoms with E-state index in [9.17, 15) is 80.5 Å². The van der Waals surface area contributed by atoms with Gasteiger partial charge < -0.3 is 80.2 Å². The van der Waals surface area contributed by atoms with Gasteiger partial charge in [-0.3, -0.25) is 9.59 Å². The van der Waals surface area contributed by atoms with Crippen molar-refractivity contribution in [3.8, 4) is 23.0 Å². The smallest absolute Gasteiger partial charge is 0.872 e. The van der Waals surface area contributed by atoms with Crippen molar-refractivity contribution in [1.29, 1.82) is 0 Å². The van der Waals surface area contributed by atoms with Crippen LogP contribution in [0.1, 0.15) is 86.6 Å². The van der Waals surface area contributed by atoms with E-state index in [-0.39, 0.29) is 82.6 Å². The zero-order valence-corrected chi connectivity index (χ0v) is 34.6. The molecule has 20 nitrogen and oxygen atoms in total. The summed E-state index contributed by atoms with van der Waals surface area (Å²) in [6, 6.07) is 11.4. The molecule has 0 bridgehead atoms. The fraction of sp³-hybridized carbons (Fsp3) is 0.333. The number of aliphatic hydroxyl groups excluding tert-OH is 8. The first kappa shape index (κ1) is 46.2. The van der Waals surface area contributed by atoms with E-state index in [1.54, 1.807) is 0 Å². The summed E-state index contributed by atoms with van der Waals surface area (Å²) in [5.74, 6) is -11.1. The Morgan fingerprint density at radius 2 is 0.905 bits per heavy atom. The van der Waals surface area contributed by atoms with Gasteiger partial charge in [0.15, 0.2) is 11.6 Å². The van der Waals surface area contributed by atoms with Crippen molar-refractivity contribution >= 4 is 61.2 Å². The van der Waals surface area contributed by atoms with Crippen LogP contribution in [0, 0.1) is 0 Å². The molecule has 21 heteroatoms. The summed E-state index contributed by atoms with van der Waals surface area (Å²) in [4.78, 5) is 54.1. The third-order valence-corrected chi connectivity index (χ3v) is 11.6. The fourth-order valence-electron chi connectivity index (χ4n) is 8.68. The molecule has 2 saturated heterocycles. The molecule has 4 aromatic rings. The number of carbonyl (C=O) groups excluding carboxylic acids is 2. The third kappa shape index (κ3) is 7.63. The van der Waals surface area contributed by atoms with Crippen LogP contribution in [0.25, 0.3) is 0 Å². The number of ketones is 2. The van der Waals surface area contributed by atoms with Crippen LogP contribution >= 0.6 is 0 Å². The molecule has 12 atom stereocenters. The molecule has 0 saturated carbocycles. The van der Waals surface area contributed by atoms with Gasteiger partial charge in [-0.1, -0.05) is 47.9 Å². The molecule has 0 radical (unpaired) electrons. The minimum atomic E-state index is -1.96. The van der Waals surface area contributed by atoms with E-state index < -0.39 is 144 Å². The number of hydrogen-bond acceptors (Lipinski definition) is 18. The molecular weight excluding hydrogens is 865 g/mol. The summed E-state index contributed by atoms with van der Waals surface area (Å²) in [5.41, 5.74) is -3.65. The Balaban J connectivity index is 0.00000595. The second-order valence-corrected chi connectivity index (χ2v) is 15.2. The molecule has 4 aromatic carbocycles. The zero-order chi connectivity index (χ0) is 44.6. The van der Waals surface area contributed by atoms with Gasteiger partial charge >= 0.3 is 49.7 Å². The second kappa shape index (κ2) is 17.7. The summed E-state index contributed by atoms with van der Waals surface area (Å²) in [6.45, 7) is -1.67. The molecule has 2 fully saturated rings. The van der Waals surface area contributed by atoms with E-state index in [1.165, 1.54) is 36.4 Å². The Bertz CT molecular complexity index is 2330. The quantitative estimate of drug-likeness (QED) is 0.0762. The van der Waals surface area contributed by atoms with E-state index >= 15 is 0 Å². The van der Waals surface area contributed by atoms with Crippen LogP contribution in [-0.2, 0) is 9.47 Å². The molecular formula is C42H36CaO20. The average molecular weight is 901 g/mol. The molecule has 326 valence electrons. The largest absolute Gasteiger partial charge is 2.00 e. The van der Waals surface area contributed by atoms with E-state index in [2.05, 4.69) is 0 Å². The first-order chi connectivity index (χ1) is 29.5. The maximum absolute atomic E-state index is 14.6. The predicted molar refractivity (Wildman–Crippen MR) is 204 cm³/mol. The number of carbonyl (C=O) groups is 4. The van der Waals surface area contributed by atoms with E-state index in [0.717, 1.165) is 12.1 Å². The Hall–Kier alpha value is -4.78. The minimum Gasteiger partial charge on any atom is -0.872 e. The van der Waals surface area contributed by atoms with Gasteiger partial charge in [0.1, 0.15) is 60.3 Å². The number of aliphatic hydroxyl groups is 8. The summed E-state index contributed by atoms with van der Waals surface area (Å²) in [7, 11) is 0. The molecule has 63 heavy (non-hydrogen) atoms. The molecule has 0 spiro atoms. The number of fused-ring (bicyclic) bond motifs is 4. The first-order valence-electron chi connectivity index (χ1n) is 18.9. The maximum atomic E-state index is 14.6. The molecule has 8 rings (SSSR count). The number of ether oxygens (including phenoxy) is 4. The van der Waals surface area contributed by atoms with Crippen LogP contribution in [0.3, 0.4) is 0 Å². The third-order valence-electron chi connectivity index (χ3n) is 11.6. The van der Waals surface area contributed by atoms with Gasteiger partial charge in [0.05, 0.1) is 35.5 Å². The monoisotopic (exact) mass is 900 g/mol. The standard InChI is InChI=1S/C42H38O20.Ca/c43-11-23-31(47)35(51)37(53)41(61-23)59-21-5-1-3-15-25(17-7-13(39(55)56)9-19(45)27(17)33(49)29(15)21)26-16-4-2-6-22(60-42-38(54)36(52)32(48)24(12-44)62-42)30(16)34(50)28-18(26)8-14(40(57)58)10-20(28)46;/h1-10,23-26,31-32,35-38,41-48,51-54H,11-12H2,(H,55,56)(H,57,58);/q;+2/p-2/t23-,24-,25?,26?,31-,32?,35-,36?,37-,38-,41-,42-;/m1./s1. The molecule has 2 heterocycles. The molecule has 2 aliphatic carbocycles. The fourth-order valence-corrected chi connectivity index (χ4v) is 8.68.